The number of hydrogen-bond donors (Lipinski definition) is 3. The molecule has 242 valence electrons. The minimum atomic E-state index is -0.906. The number of thiazole rings is 1. The number of hydrogen-bond acceptors (Lipinski definition) is 8. The number of aryl methyl sites for hydroxylation is 1. The smallest absolute Gasteiger partial charge is 0.254 e. The van der Waals surface area contributed by atoms with Crippen LogP contribution < -0.4 is 20.1 Å². The number of amides is 2. The fraction of sp³-hybridized carbons (Fsp3) is 0.361. The molecular formula is C36H42N4O5S. The van der Waals surface area contributed by atoms with Gasteiger partial charge in [-0.1, -0.05) is 42.5 Å². The van der Waals surface area contributed by atoms with Crippen LogP contribution in [-0.2, 0) is 6.42 Å². The number of ether oxygens (including phenoxy) is 2. The summed E-state index contributed by atoms with van der Waals surface area (Å²) < 4.78 is 10.9. The molecule has 4 aromatic rings. The Morgan fingerprint density at radius 3 is 2.50 bits per heavy atom. The van der Waals surface area contributed by atoms with Gasteiger partial charge in [0, 0.05) is 41.3 Å². The minimum Gasteiger partial charge on any atom is -0.497 e. The van der Waals surface area contributed by atoms with Crippen molar-refractivity contribution < 1.29 is 24.2 Å². The largest absolute Gasteiger partial charge is 0.497 e. The maximum atomic E-state index is 13.8. The quantitative estimate of drug-likeness (QED) is 0.177. The Morgan fingerprint density at radius 2 is 1.78 bits per heavy atom. The lowest BCUT2D eigenvalue weighted by Crippen LogP contribution is -2.49. The summed E-state index contributed by atoms with van der Waals surface area (Å²) in [5.74, 6) is 0.601. The van der Waals surface area contributed by atoms with E-state index in [9.17, 15) is 14.7 Å². The van der Waals surface area contributed by atoms with Gasteiger partial charge >= 0.3 is 0 Å². The maximum Gasteiger partial charge on any atom is 0.254 e. The lowest BCUT2D eigenvalue weighted by Gasteiger charge is -2.27. The highest BCUT2D eigenvalue weighted by atomic mass is 32.1. The summed E-state index contributed by atoms with van der Waals surface area (Å²) >= 11 is 1.57. The van der Waals surface area contributed by atoms with Gasteiger partial charge in [-0.05, 0) is 74.6 Å². The molecule has 1 aliphatic heterocycles. The number of methoxy groups -OCH3 is 2. The number of carbonyl (C=O) groups is 2. The van der Waals surface area contributed by atoms with Gasteiger partial charge in [0.15, 0.2) is 0 Å². The highest BCUT2D eigenvalue weighted by molar-refractivity contribution is 7.09. The second kappa shape index (κ2) is 15.4. The van der Waals surface area contributed by atoms with Crippen molar-refractivity contribution >= 4 is 23.2 Å². The minimum absolute atomic E-state index is 0.0625. The molecule has 4 atom stereocenters. The zero-order valence-corrected chi connectivity index (χ0v) is 27.5. The summed E-state index contributed by atoms with van der Waals surface area (Å²) in [6.07, 6.45) is 1.24. The van der Waals surface area contributed by atoms with Gasteiger partial charge in [-0.15, -0.1) is 11.3 Å². The highest BCUT2D eigenvalue weighted by Crippen LogP contribution is 2.35. The van der Waals surface area contributed by atoms with Gasteiger partial charge in [0.05, 0.1) is 32.4 Å². The standard InChI is InChI=1S/C36H42N4O5S/c1-23-22-46-35(38-23)32-14-9-15-40(32)36(43)28-17-27(19-30(20-28)45-4)34(42)39-31(16-25-10-6-5-7-11-25)33(41)21-37-24(2)26-12-8-13-29(18-26)44-3/h5-8,10-13,17-20,22,24,31-33,37,41H,9,14-16,21H2,1-4H3,(H,39,42)/t24-,31-,32+,33-/m0/s1. The van der Waals surface area contributed by atoms with Crippen LogP contribution in [0.25, 0.3) is 0 Å². The predicted octanol–water partition coefficient (Wildman–Crippen LogP) is 5.50. The number of nitrogens with one attached hydrogen (secondary N) is 2. The molecule has 5 rings (SSSR count). The molecule has 1 fully saturated rings. The molecule has 0 spiro atoms. The van der Waals surface area contributed by atoms with E-state index in [0.29, 0.717) is 24.3 Å². The molecule has 0 radical (unpaired) electrons. The van der Waals surface area contributed by atoms with E-state index in [0.717, 1.165) is 40.4 Å². The van der Waals surface area contributed by atoms with Crippen molar-refractivity contribution in [3.8, 4) is 11.5 Å². The van der Waals surface area contributed by atoms with E-state index in [4.69, 9.17) is 9.47 Å². The number of aromatic nitrogens is 1. The fourth-order valence-corrected chi connectivity index (χ4v) is 6.74. The van der Waals surface area contributed by atoms with Crippen LogP contribution in [0.4, 0.5) is 0 Å². The lowest BCUT2D eigenvalue weighted by atomic mass is 9.99. The SMILES string of the molecule is COc1cc(C(=O)N[C@@H](Cc2ccccc2)[C@@H](O)CN[C@@H](C)c2cccc(OC)c2)cc(C(=O)N2CCC[C@@H]2c2nc(C)cs2)c1. The molecule has 9 nitrogen and oxygen atoms in total. The summed E-state index contributed by atoms with van der Waals surface area (Å²) in [4.78, 5) is 34.1. The first-order valence-corrected chi connectivity index (χ1v) is 16.5. The predicted molar refractivity (Wildman–Crippen MR) is 180 cm³/mol. The highest BCUT2D eigenvalue weighted by Gasteiger charge is 2.33. The van der Waals surface area contributed by atoms with Crippen molar-refractivity contribution in [3.63, 3.8) is 0 Å². The van der Waals surface area contributed by atoms with Crippen LogP contribution in [0.5, 0.6) is 11.5 Å². The molecule has 2 heterocycles. The molecule has 1 saturated heterocycles. The number of nitrogens with zero attached hydrogens (tertiary/aromatic N) is 2. The van der Waals surface area contributed by atoms with Gasteiger partial charge in [-0.3, -0.25) is 9.59 Å². The van der Waals surface area contributed by atoms with E-state index >= 15 is 0 Å². The van der Waals surface area contributed by atoms with E-state index in [-0.39, 0.29) is 30.1 Å². The second-order valence-corrected chi connectivity index (χ2v) is 12.6. The van der Waals surface area contributed by atoms with Gasteiger partial charge in [0.1, 0.15) is 16.5 Å². The molecule has 1 aromatic heterocycles. The normalized spacial score (nSPS) is 16.5. The third kappa shape index (κ3) is 8.12. The molecule has 0 aliphatic carbocycles. The molecular weight excluding hydrogens is 600 g/mol. The molecule has 0 bridgehead atoms. The van der Waals surface area contributed by atoms with Crippen molar-refractivity contribution in [2.75, 3.05) is 27.3 Å². The van der Waals surface area contributed by atoms with Crippen molar-refractivity contribution in [2.45, 2.75) is 57.3 Å². The zero-order chi connectivity index (χ0) is 32.6. The lowest BCUT2D eigenvalue weighted by molar-refractivity contribution is 0.0735. The summed E-state index contributed by atoms with van der Waals surface area (Å²) in [6.45, 7) is 4.83. The van der Waals surface area contributed by atoms with Crippen LogP contribution in [0.3, 0.4) is 0 Å². The van der Waals surface area contributed by atoms with E-state index in [1.54, 1.807) is 36.6 Å². The zero-order valence-electron chi connectivity index (χ0n) is 26.7. The van der Waals surface area contributed by atoms with Gasteiger partial charge in [-0.2, -0.15) is 0 Å². The third-order valence-corrected chi connectivity index (χ3v) is 9.46. The number of benzene rings is 3. The van der Waals surface area contributed by atoms with Crippen LogP contribution in [0.15, 0.2) is 78.2 Å². The maximum absolute atomic E-state index is 13.8. The number of aliphatic hydroxyl groups excluding tert-OH is 1. The van der Waals surface area contributed by atoms with Crippen molar-refractivity contribution in [2.24, 2.45) is 0 Å². The summed E-state index contributed by atoms with van der Waals surface area (Å²) in [7, 11) is 3.14. The fourth-order valence-electron chi connectivity index (χ4n) is 5.80. The first kappa shape index (κ1) is 33.1. The topological polar surface area (TPSA) is 113 Å². The van der Waals surface area contributed by atoms with Crippen molar-refractivity contribution in [1.29, 1.82) is 0 Å². The van der Waals surface area contributed by atoms with Gasteiger partial charge < -0.3 is 30.1 Å². The van der Waals surface area contributed by atoms with Crippen LogP contribution in [-0.4, -0.2) is 66.3 Å². The van der Waals surface area contributed by atoms with Crippen LogP contribution in [0, 0.1) is 6.92 Å². The van der Waals surface area contributed by atoms with Crippen LogP contribution in [0.1, 0.15) is 74.4 Å². The average Bonchev–Trinajstić information content (AvgIpc) is 3.75. The van der Waals surface area contributed by atoms with E-state index in [2.05, 4.69) is 15.6 Å². The van der Waals surface area contributed by atoms with Crippen molar-refractivity contribution in [1.82, 2.24) is 20.5 Å². The monoisotopic (exact) mass is 642 g/mol. The summed E-state index contributed by atoms with van der Waals surface area (Å²) in [5, 5.41) is 20.8. The Hall–Kier alpha value is -4.25. The van der Waals surface area contributed by atoms with Gasteiger partial charge in [0.2, 0.25) is 0 Å². The van der Waals surface area contributed by atoms with Gasteiger partial charge in [0.25, 0.3) is 11.8 Å². The number of aliphatic hydroxyl groups is 1. The molecule has 3 N–H and O–H groups in total. The molecule has 10 heteroatoms. The van der Waals surface area contributed by atoms with Crippen molar-refractivity contribution in [3.05, 3.63) is 111 Å². The molecule has 2 amide bonds. The Kier molecular flexibility index (Phi) is 11.1. The number of carbonyl (C=O) groups excluding carboxylic acids is 2. The molecule has 3 aromatic carbocycles. The van der Waals surface area contributed by atoms with E-state index in [1.807, 2.05) is 78.7 Å². The van der Waals surface area contributed by atoms with Crippen LogP contribution >= 0.6 is 11.3 Å². The van der Waals surface area contributed by atoms with Crippen LogP contribution in [0.2, 0.25) is 0 Å². The molecule has 1 aliphatic rings. The Balaban J connectivity index is 1.33. The van der Waals surface area contributed by atoms with Gasteiger partial charge in [-0.25, -0.2) is 4.98 Å². The van der Waals surface area contributed by atoms with E-state index in [1.165, 1.54) is 7.11 Å². The Labute approximate surface area is 274 Å². The average molecular weight is 643 g/mol. The van der Waals surface area contributed by atoms with E-state index < -0.39 is 18.1 Å². The number of rotatable bonds is 13. The molecule has 46 heavy (non-hydrogen) atoms. The first-order chi connectivity index (χ1) is 22.2. The Bertz CT molecular complexity index is 1630. The third-order valence-electron chi connectivity index (χ3n) is 8.39. The second-order valence-electron chi connectivity index (χ2n) is 11.7. The molecule has 0 saturated carbocycles. The summed E-state index contributed by atoms with van der Waals surface area (Å²) in [5.41, 5.74) is 3.60. The first-order valence-electron chi connectivity index (χ1n) is 15.6. The number of likely N-dealkylation sites (tertiary alicyclic amines) is 1. The summed E-state index contributed by atoms with van der Waals surface area (Å²) in [6, 6.07) is 21.6. The molecule has 0 unspecified atom stereocenters. The Morgan fingerprint density at radius 1 is 1.02 bits per heavy atom.